The normalized spacial score (nSPS) is 13.3. The van der Waals surface area contributed by atoms with Crippen LogP contribution >= 0.6 is 0 Å². The molecule has 0 aliphatic carbocycles. The number of rotatable bonds is 8. The summed E-state index contributed by atoms with van der Waals surface area (Å²) in [6.45, 7) is 2.04. The van der Waals surface area contributed by atoms with Crippen LogP contribution in [0.1, 0.15) is 56.9 Å². The second kappa shape index (κ2) is 11.3. The van der Waals surface area contributed by atoms with Crippen molar-refractivity contribution < 1.29 is 19.4 Å². The second-order valence-electron chi connectivity index (χ2n) is 9.50. The van der Waals surface area contributed by atoms with E-state index in [1.54, 1.807) is 11.8 Å². The minimum Gasteiger partial charge on any atom is -0.497 e. The summed E-state index contributed by atoms with van der Waals surface area (Å²) in [5.41, 5.74) is 5.05. The largest absolute Gasteiger partial charge is 0.497 e. The van der Waals surface area contributed by atoms with E-state index in [2.05, 4.69) is 10.3 Å². The zero-order chi connectivity index (χ0) is 26.5. The second-order valence-corrected chi connectivity index (χ2v) is 9.50. The third kappa shape index (κ3) is 5.59. The van der Waals surface area contributed by atoms with Crippen molar-refractivity contribution in [3.05, 3.63) is 101 Å². The summed E-state index contributed by atoms with van der Waals surface area (Å²) in [4.78, 5) is 26.7. The number of carbonyl (C=O) groups excluding carboxylic acids is 1. The highest BCUT2D eigenvalue weighted by atomic mass is 16.5. The average Bonchev–Trinajstić information content (AvgIpc) is 3.36. The van der Waals surface area contributed by atoms with Gasteiger partial charge in [0.15, 0.2) is 5.69 Å². The molecule has 3 aromatic carbocycles. The molecule has 1 aliphatic heterocycles. The first-order chi connectivity index (χ1) is 18.5. The van der Waals surface area contributed by atoms with Gasteiger partial charge in [-0.3, -0.25) is 4.79 Å². The van der Waals surface area contributed by atoms with E-state index in [0.29, 0.717) is 24.2 Å². The topological polar surface area (TPSA) is 97.5 Å². The summed E-state index contributed by atoms with van der Waals surface area (Å²) < 4.78 is 6.85. The molecule has 8 heteroatoms. The van der Waals surface area contributed by atoms with Crippen LogP contribution in [0.25, 0.3) is 11.1 Å². The molecule has 8 nitrogen and oxygen atoms in total. The number of hydrogen-bond donors (Lipinski definition) is 1. The maximum Gasteiger partial charge on any atom is 0.358 e. The lowest BCUT2D eigenvalue weighted by Gasteiger charge is -2.26. The Morgan fingerprint density at radius 2 is 1.61 bits per heavy atom. The quantitative estimate of drug-likeness (QED) is 0.362. The Labute approximate surface area is 221 Å². The molecule has 5 rings (SSSR count). The van der Waals surface area contributed by atoms with Crippen LogP contribution in [0.3, 0.4) is 0 Å². The number of amides is 1. The number of carboxylic acids is 1. The van der Waals surface area contributed by atoms with Crippen molar-refractivity contribution in [3.63, 3.8) is 0 Å². The van der Waals surface area contributed by atoms with Gasteiger partial charge in [0.2, 0.25) is 0 Å². The van der Waals surface area contributed by atoms with Crippen molar-refractivity contribution in [1.29, 1.82) is 0 Å². The Bertz CT molecular complexity index is 1420. The predicted octanol–water partition coefficient (Wildman–Crippen LogP) is 4.92. The summed E-state index contributed by atoms with van der Waals surface area (Å²) in [6.07, 6.45) is 3.68. The summed E-state index contributed by atoms with van der Waals surface area (Å²) >= 11 is 0. The first-order valence-electron chi connectivity index (χ1n) is 12.8. The van der Waals surface area contributed by atoms with Gasteiger partial charge in [0.05, 0.1) is 19.3 Å². The lowest BCUT2D eigenvalue weighted by Crippen LogP contribution is -2.35. The Kier molecular flexibility index (Phi) is 7.49. The Hall–Kier alpha value is -4.46. The number of nitrogens with zero attached hydrogens (tertiary/aromatic N) is 4. The minimum absolute atomic E-state index is 0.0495. The minimum atomic E-state index is -1.10. The van der Waals surface area contributed by atoms with Crippen LogP contribution in [0.15, 0.2) is 72.8 Å². The molecule has 1 N–H and O–H groups in total. The van der Waals surface area contributed by atoms with Crippen LogP contribution < -0.4 is 4.74 Å². The maximum atomic E-state index is 13.0. The summed E-state index contributed by atoms with van der Waals surface area (Å²) in [7, 11) is 1.61. The van der Waals surface area contributed by atoms with Crippen LogP contribution in [0.2, 0.25) is 0 Å². The van der Waals surface area contributed by atoms with Gasteiger partial charge in [0.25, 0.3) is 5.91 Å². The molecule has 2 heterocycles. The molecule has 1 saturated heterocycles. The smallest absolute Gasteiger partial charge is 0.358 e. The molecule has 1 amide bonds. The molecule has 0 radical (unpaired) electrons. The molecule has 1 aromatic heterocycles. The van der Waals surface area contributed by atoms with E-state index in [-0.39, 0.29) is 11.6 Å². The molecule has 0 bridgehead atoms. The van der Waals surface area contributed by atoms with Crippen molar-refractivity contribution in [2.75, 3.05) is 20.2 Å². The number of aromatic nitrogens is 3. The molecule has 0 atom stereocenters. The summed E-state index contributed by atoms with van der Waals surface area (Å²) in [5.74, 6) is -0.268. The lowest BCUT2D eigenvalue weighted by molar-refractivity contribution is 0.0687. The third-order valence-electron chi connectivity index (χ3n) is 6.94. The van der Waals surface area contributed by atoms with Crippen LogP contribution in [0.5, 0.6) is 5.75 Å². The number of likely N-dealkylation sites (tertiary alicyclic amines) is 1. The van der Waals surface area contributed by atoms with Gasteiger partial charge >= 0.3 is 5.97 Å². The van der Waals surface area contributed by atoms with Gasteiger partial charge in [0.1, 0.15) is 5.75 Å². The molecular formula is C30H30N4O4. The highest BCUT2D eigenvalue weighted by Crippen LogP contribution is 2.24. The van der Waals surface area contributed by atoms with Crippen molar-refractivity contribution in [2.45, 2.75) is 32.2 Å². The summed E-state index contributed by atoms with van der Waals surface area (Å²) in [5, 5.41) is 17.7. The fraction of sp³-hybridized carbons (Fsp3) is 0.267. The SMILES string of the molecule is COc1ccc(Cn2nnc(C(=O)O)c2Cc2ccc(-c3cccc(C(=O)N4CCCCC4)c3)cc2)cc1. The Balaban J connectivity index is 1.34. The molecule has 4 aromatic rings. The van der Waals surface area contributed by atoms with Crippen molar-refractivity contribution in [3.8, 4) is 16.9 Å². The standard InChI is InChI=1S/C30H30N4O4/c1-38-26-14-10-22(11-15-26)20-34-27(28(30(36)37)31-32-34)18-21-8-12-23(13-9-21)24-6-5-7-25(19-24)29(35)33-16-3-2-4-17-33/h5-15,19H,2-4,16-18,20H2,1H3,(H,36,37). The van der Waals surface area contributed by atoms with Gasteiger partial charge in [-0.05, 0) is 65.8 Å². The Morgan fingerprint density at radius 3 is 2.29 bits per heavy atom. The fourth-order valence-electron chi connectivity index (χ4n) is 4.82. The van der Waals surface area contributed by atoms with E-state index in [4.69, 9.17) is 4.74 Å². The molecule has 38 heavy (non-hydrogen) atoms. The van der Waals surface area contributed by atoms with E-state index >= 15 is 0 Å². The predicted molar refractivity (Wildman–Crippen MR) is 144 cm³/mol. The van der Waals surface area contributed by atoms with E-state index in [9.17, 15) is 14.7 Å². The van der Waals surface area contributed by atoms with Gasteiger partial charge < -0.3 is 14.7 Å². The lowest BCUT2D eigenvalue weighted by atomic mass is 9.99. The van der Waals surface area contributed by atoms with E-state index in [1.807, 2.05) is 77.7 Å². The van der Waals surface area contributed by atoms with Gasteiger partial charge in [-0.1, -0.05) is 53.7 Å². The van der Waals surface area contributed by atoms with Gasteiger partial charge in [-0.2, -0.15) is 0 Å². The number of hydrogen-bond acceptors (Lipinski definition) is 5. The van der Waals surface area contributed by atoms with Crippen molar-refractivity contribution >= 4 is 11.9 Å². The number of carboxylic acid groups (broad SMARTS) is 1. The van der Waals surface area contributed by atoms with E-state index in [0.717, 1.165) is 53.9 Å². The average molecular weight is 511 g/mol. The number of piperidine rings is 1. The van der Waals surface area contributed by atoms with Gasteiger partial charge in [-0.25, -0.2) is 9.48 Å². The molecule has 1 aliphatic rings. The number of ether oxygens (including phenoxy) is 1. The van der Waals surface area contributed by atoms with Crippen molar-refractivity contribution in [1.82, 2.24) is 19.9 Å². The molecule has 0 unspecified atom stereocenters. The summed E-state index contributed by atoms with van der Waals surface area (Å²) in [6, 6.07) is 23.2. The Morgan fingerprint density at radius 1 is 0.895 bits per heavy atom. The highest BCUT2D eigenvalue weighted by molar-refractivity contribution is 5.95. The highest BCUT2D eigenvalue weighted by Gasteiger charge is 2.20. The van der Waals surface area contributed by atoms with Crippen molar-refractivity contribution in [2.24, 2.45) is 0 Å². The number of carbonyl (C=O) groups is 2. The van der Waals surface area contributed by atoms with Crippen LogP contribution in [0.4, 0.5) is 0 Å². The first-order valence-corrected chi connectivity index (χ1v) is 12.8. The van der Waals surface area contributed by atoms with E-state index < -0.39 is 5.97 Å². The zero-order valence-electron chi connectivity index (χ0n) is 21.3. The monoisotopic (exact) mass is 510 g/mol. The van der Waals surface area contributed by atoms with Crippen LogP contribution in [0, 0.1) is 0 Å². The van der Waals surface area contributed by atoms with Gasteiger partial charge in [-0.15, -0.1) is 5.10 Å². The molecule has 194 valence electrons. The third-order valence-corrected chi connectivity index (χ3v) is 6.94. The number of methoxy groups -OCH3 is 1. The number of benzene rings is 3. The number of aromatic carboxylic acids is 1. The molecule has 0 spiro atoms. The fourth-order valence-corrected chi connectivity index (χ4v) is 4.82. The van der Waals surface area contributed by atoms with E-state index in [1.165, 1.54) is 6.42 Å². The molecule has 0 saturated carbocycles. The molecular weight excluding hydrogens is 480 g/mol. The van der Waals surface area contributed by atoms with Crippen LogP contribution in [-0.4, -0.2) is 57.1 Å². The zero-order valence-corrected chi connectivity index (χ0v) is 21.3. The maximum absolute atomic E-state index is 13.0. The first kappa shape index (κ1) is 25.2. The van der Waals surface area contributed by atoms with Gasteiger partial charge in [0, 0.05) is 25.1 Å². The molecule has 1 fully saturated rings. The van der Waals surface area contributed by atoms with Crippen LogP contribution in [-0.2, 0) is 13.0 Å².